The van der Waals surface area contributed by atoms with E-state index in [-0.39, 0.29) is 6.10 Å². The molecule has 3 rings (SSSR count). The zero-order chi connectivity index (χ0) is 10.8. The first-order chi connectivity index (χ1) is 7.93. The van der Waals surface area contributed by atoms with Crippen molar-refractivity contribution in [1.82, 2.24) is 14.9 Å². The first kappa shape index (κ1) is 9.81. The molecule has 4 heteroatoms. The minimum atomic E-state index is 0.256. The molecular weight excluding hydrogens is 202 g/mol. The molecule has 1 aliphatic heterocycles. The summed E-state index contributed by atoms with van der Waals surface area (Å²) in [5.41, 5.74) is 2.22. The van der Waals surface area contributed by atoms with Crippen molar-refractivity contribution in [3.05, 3.63) is 30.6 Å². The number of morpholine rings is 1. The van der Waals surface area contributed by atoms with Gasteiger partial charge in [-0.2, -0.15) is 0 Å². The van der Waals surface area contributed by atoms with Crippen LogP contribution in [0, 0.1) is 0 Å². The topological polar surface area (TPSA) is 39.1 Å². The first-order valence-electron chi connectivity index (χ1n) is 5.66. The highest BCUT2D eigenvalue weighted by Crippen LogP contribution is 2.13. The highest BCUT2D eigenvalue weighted by molar-refractivity contribution is 5.74. The molecule has 1 fully saturated rings. The second kappa shape index (κ2) is 4.23. The van der Waals surface area contributed by atoms with Crippen molar-refractivity contribution in [2.24, 2.45) is 0 Å². The molecule has 0 saturated carbocycles. The maximum atomic E-state index is 5.69. The number of benzene rings is 1. The van der Waals surface area contributed by atoms with Gasteiger partial charge in [0.1, 0.15) is 0 Å². The third kappa shape index (κ3) is 1.81. The average molecular weight is 217 g/mol. The van der Waals surface area contributed by atoms with E-state index in [1.165, 1.54) is 5.52 Å². The Morgan fingerprint density at radius 3 is 3.25 bits per heavy atom. The van der Waals surface area contributed by atoms with Crippen LogP contribution in [0.3, 0.4) is 0 Å². The molecule has 1 unspecified atom stereocenters. The molecule has 1 aliphatic rings. The Morgan fingerprint density at radius 2 is 2.38 bits per heavy atom. The van der Waals surface area contributed by atoms with Crippen LogP contribution in [0.2, 0.25) is 0 Å². The van der Waals surface area contributed by atoms with Crippen molar-refractivity contribution in [2.45, 2.75) is 12.6 Å². The van der Waals surface area contributed by atoms with Gasteiger partial charge in [0.05, 0.1) is 36.6 Å². The van der Waals surface area contributed by atoms with Crippen LogP contribution in [0.1, 0.15) is 0 Å². The van der Waals surface area contributed by atoms with Gasteiger partial charge in [-0.3, -0.25) is 0 Å². The summed E-state index contributed by atoms with van der Waals surface area (Å²) in [7, 11) is 0. The van der Waals surface area contributed by atoms with E-state index in [9.17, 15) is 0 Å². The van der Waals surface area contributed by atoms with Crippen molar-refractivity contribution in [2.75, 3.05) is 19.7 Å². The van der Waals surface area contributed by atoms with Crippen molar-refractivity contribution >= 4 is 11.0 Å². The minimum absolute atomic E-state index is 0.256. The molecule has 0 aliphatic carbocycles. The third-order valence-corrected chi connectivity index (χ3v) is 2.93. The number of aromatic nitrogens is 2. The highest BCUT2D eigenvalue weighted by Gasteiger charge is 2.14. The third-order valence-electron chi connectivity index (χ3n) is 2.93. The van der Waals surface area contributed by atoms with Crippen molar-refractivity contribution in [3.63, 3.8) is 0 Å². The van der Waals surface area contributed by atoms with Crippen LogP contribution in [0.15, 0.2) is 30.6 Å². The zero-order valence-electron chi connectivity index (χ0n) is 9.10. The van der Waals surface area contributed by atoms with Gasteiger partial charge in [0.2, 0.25) is 0 Å². The number of ether oxygens (including phenoxy) is 1. The number of nitrogens with one attached hydrogen (secondary N) is 1. The molecule has 1 saturated heterocycles. The van der Waals surface area contributed by atoms with E-state index >= 15 is 0 Å². The maximum Gasteiger partial charge on any atom is 0.0959 e. The fourth-order valence-electron chi connectivity index (χ4n) is 2.11. The number of imidazole rings is 1. The number of rotatable bonds is 2. The quantitative estimate of drug-likeness (QED) is 0.816. The Balaban J connectivity index is 1.83. The molecule has 0 radical (unpaired) electrons. The molecule has 4 nitrogen and oxygen atoms in total. The monoisotopic (exact) mass is 217 g/mol. The molecular formula is C12H15N3O. The van der Waals surface area contributed by atoms with Crippen LogP contribution < -0.4 is 5.32 Å². The molecule has 2 aromatic rings. The van der Waals surface area contributed by atoms with Crippen LogP contribution in [-0.2, 0) is 11.3 Å². The van der Waals surface area contributed by atoms with E-state index in [1.54, 1.807) is 0 Å². The molecule has 1 aromatic heterocycles. The summed E-state index contributed by atoms with van der Waals surface area (Å²) < 4.78 is 7.85. The van der Waals surface area contributed by atoms with Gasteiger partial charge in [0, 0.05) is 13.1 Å². The summed E-state index contributed by atoms with van der Waals surface area (Å²) in [4.78, 5) is 4.37. The lowest BCUT2D eigenvalue weighted by Gasteiger charge is -2.24. The summed E-state index contributed by atoms with van der Waals surface area (Å²) in [5, 5.41) is 3.34. The standard InChI is InChI=1S/C12H15N3O/c1-2-4-12-11(3-1)14-9-15(12)8-10-7-13-5-6-16-10/h1-4,9-10,13H,5-8H2. The smallest absolute Gasteiger partial charge is 0.0959 e. The lowest BCUT2D eigenvalue weighted by atomic mass is 10.3. The van der Waals surface area contributed by atoms with Gasteiger partial charge in [-0.15, -0.1) is 0 Å². The normalized spacial score (nSPS) is 21.4. The van der Waals surface area contributed by atoms with E-state index in [1.807, 2.05) is 24.5 Å². The van der Waals surface area contributed by atoms with Gasteiger partial charge in [-0.05, 0) is 12.1 Å². The van der Waals surface area contributed by atoms with Crippen LogP contribution in [0.4, 0.5) is 0 Å². The number of hydrogen-bond acceptors (Lipinski definition) is 3. The second-order valence-electron chi connectivity index (χ2n) is 4.08. The van der Waals surface area contributed by atoms with Crippen LogP contribution in [0.5, 0.6) is 0 Å². The number of nitrogens with zero attached hydrogens (tertiary/aromatic N) is 2. The van der Waals surface area contributed by atoms with E-state index < -0.39 is 0 Å². The Morgan fingerprint density at radius 1 is 1.44 bits per heavy atom. The summed E-state index contributed by atoms with van der Waals surface area (Å²) in [6, 6.07) is 8.18. The molecule has 16 heavy (non-hydrogen) atoms. The number of hydrogen-bond donors (Lipinski definition) is 1. The summed E-state index contributed by atoms with van der Waals surface area (Å²) in [6.07, 6.45) is 2.15. The van der Waals surface area contributed by atoms with E-state index in [0.717, 1.165) is 31.8 Å². The lowest BCUT2D eigenvalue weighted by Crippen LogP contribution is -2.40. The fourth-order valence-corrected chi connectivity index (χ4v) is 2.11. The Labute approximate surface area is 94.2 Å². The van der Waals surface area contributed by atoms with Gasteiger partial charge < -0.3 is 14.6 Å². The number of fused-ring (bicyclic) bond motifs is 1. The van der Waals surface area contributed by atoms with Gasteiger partial charge in [-0.25, -0.2) is 4.98 Å². The molecule has 0 amide bonds. The van der Waals surface area contributed by atoms with Gasteiger partial charge in [-0.1, -0.05) is 12.1 Å². The van der Waals surface area contributed by atoms with Crippen LogP contribution in [0.25, 0.3) is 11.0 Å². The van der Waals surface area contributed by atoms with Gasteiger partial charge >= 0.3 is 0 Å². The lowest BCUT2D eigenvalue weighted by molar-refractivity contribution is 0.0188. The van der Waals surface area contributed by atoms with Crippen molar-refractivity contribution < 1.29 is 4.74 Å². The summed E-state index contributed by atoms with van der Waals surface area (Å²) in [5.74, 6) is 0. The van der Waals surface area contributed by atoms with Crippen LogP contribution in [-0.4, -0.2) is 35.4 Å². The van der Waals surface area contributed by atoms with Crippen LogP contribution >= 0.6 is 0 Å². The number of para-hydroxylation sites is 2. The van der Waals surface area contributed by atoms with E-state index in [0.29, 0.717) is 0 Å². The Bertz CT molecular complexity index is 474. The molecule has 0 bridgehead atoms. The summed E-state index contributed by atoms with van der Waals surface area (Å²) in [6.45, 7) is 3.55. The minimum Gasteiger partial charge on any atom is -0.374 e. The molecule has 0 spiro atoms. The second-order valence-corrected chi connectivity index (χ2v) is 4.08. The van der Waals surface area contributed by atoms with E-state index in [4.69, 9.17) is 4.74 Å². The summed E-state index contributed by atoms with van der Waals surface area (Å²) >= 11 is 0. The molecule has 1 N–H and O–H groups in total. The Hall–Kier alpha value is -1.39. The zero-order valence-corrected chi connectivity index (χ0v) is 9.10. The molecule has 84 valence electrons. The molecule has 1 atom stereocenters. The SMILES string of the molecule is c1ccc2c(c1)ncn2CC1CNCCO1. The average Bonchev–Trinajstić information content (AvgIpc) is 2.74. The van der Waals surface area contributed by atoms with Gasteiger partial charge in [0.15, 0.2) is 0 Å². The first-order valence-corrected chi connectivity index (χ1v) is 5.66. The van der Waals surface area contributed by atoms with Crippen molar-refractivity contribution in [1.29, 1.82) is 0 Å². The van der Waals surface area contributed by atoms with E-state index in [2.05, 4.69) is 20.9 Å². The molecule has 1 aromatic carbocycles. The van der Waals surface area contributed by atoms with Gasteiger partial charge in [0.25, 0.3) is 0 Å². The van der Waals surface area contributed by atoms with Crippen molar-refractivity contribution in [3.8, 4) is 0 Å². The highest BCUT2D eigenvalue weighted by atomic mass is 16.5. The molecule has 2 heterocycles. The predicted octanol–water partition coefficient (Wildman–Crippen LogP) is 1.02. The predicted molar refractivity (Wildman–Crippen MR) is 62.3 cm³/mol. The maximum absolute atomic E-state index is 5.69. The fraction of sp³-hybridized carbons (Fsp3) is 0.417. The Kier molecular flexibility index (Phi) is 2.60. The largest absolute Gasteiger partial charge is 0.374 e.